The lowest BCUT2D eigenvalue weighted by Gasteiger charge is -2.06. The molecule has 3 rings (SSSR count). The summed E-state index contributed by atoms with van der Waals surface area (Å²) in [5.41, 5.74) is 5.39. The van der Waals surface area contributed by atoms with Gasteiger partial charge >= 0.3 is 0 Å². The van der Waals surface area contributed by atoms with Crippen LogP contribution in [0.2, 0.25) is 0 Å². The summed E-state index contributed by atoms with van der Waals surface area (Å²) in [6.45, 7) is 4.32. The first kappa shape index (κ1) is 18.8. The van der Waals surface area contributed by atoms with Crippen molar-refractivity contribution in [2.45, 2.75) is 20.3 Å². The Balaban J connectivity index is 1.47. The minimum Gasteiger partial charge on any atom is -0.493 e. The van der Waals surface area contributed by atoms with E-state index in [0.29, 0.717) is 11.5 Å². The number of thiazole rings is 1. The molecule has 138 valence electrons. The second kappa shape index (κ2) is 9.09. The Bertz CT molecular complexity index is 918. The van der Waals surface area contributed by atoms with Gasteiger partial charge in [0, 0.05) is 6.42 Å². The first-order valence-electron chi connectivity index (χ1n) is 8.66. The Morgan fingerprint density at radius 3 is 2.56 bits per heavy atom. The van der Waals surface area contributed by atoms with Crippen LogP contribution in [0.25, 0.3) is 0 Å². The molecule has 1 aromatic heterocycles. The fourth-order valence-electron chi connectivity index (χ4n) is 2.54. The van der Waals surface area contributed by atoms with Crippen LogP contribution in [0.4, 0.5) is 0 Å². The number of aromatic nitrogens is 1. The number of hydrogen-bond donors (Lipinski definition) is 1. The molecule has 0 atom stereocenters. The summed E-state index contributed by atoms with van der Waals surface area (Å²) in [5.74, 6) is 0.568. The number of hydrogen-bond acceptors (Lipinski definition) is 5. The first-order chi connectivity index (χ1) is 13.1. The molecule has 2 aromatic carbocycles. The maximum atomic E-state index is 12.1. The van der Waals surface area contributed by atoms with Gasteiger partial charge in [0.2, 0.25) is 0 Å². The fourth-order valence-corrected chi connectivity index (χ4v) is 3.35. The third-order valence-electron chi connectivity index (χ3n) is 3.87. The highest BCUT2D eigenvalue weighted by Crippen LogP contribution is 2.16. The van der Waals surface area contributed by atoms with Crippen LogP contribution >= 0.6 is 11.3 Å². The van der Waals surface area contributed by atoms with E-state index >= 15 is 0 Å². The highest BCUT2D eigenvalue weighted by Gasteiger charge is 2.12. The topological polar surface area (TPSA) is 63.6 Å². The molecule has 0 bridgehead atoms. The van der Waals surface area contributed by atoms with E-state index in [2.05, 4.69) is 27.6 Å². The van der Waals surface area contributed by atoms with Crippen LogP contribution in [-0.4, -0.2) is 23.7 Å². The van der Waals surface area contributed by atoms with E-state index in [0.717, 1.165) is 28.4 Å². The van der Waals surface area contributed by atoms with Crippen molar-refractivity contribution in [2.24, 2.45) is 5.10 Å². The molecule has 1 N–H and O–H groups in total. The van der Waals surface area contributed by atoms with Crippen LogP contribution in [0, 0.1) is 13.8 Å². The van der Waals surface area contributed by atoms with Gasteiger partial charge in [-0.05, 0) is 49.2 Å². The number of aryl methyl sites for hydroxylation is 2. The molecule has 0 aliphatic rings. The van der Waals surface area contributed by atoms with E-state index < -0.39 is 0 Å². The molecule has 0 spiro atoms. The van der Waals surface area contributed by atoms with Crippen molar-refractivity contribution in [3.05, 3.63) is 81.3 Å². The second-order valence-electron chi connectivity index (χ2n) is 6.00. The highest BCUT2D eigenvalue weighted by molar-refractivity contribution is 7.13. The first-order valence-corrected chi connectivity index (χ1v) is 9.47. The lowest BCUT2D eigenvalue weighted by molar-refractivity contribution is 0.0958. The number of benzene rings is 2. The van der Waals surface area contributed by atoms with Gasteiger partial charge in [-0.1, -0.05) is 30.3 Å². The molecule has 3 aromatic rings. The van der Waals surface area contributed by atoms with Crippen LogP contribution in [0.1, 0.15) is 31.5 Å². The van der Waals surface area contributed by atoms with E-state index in [1.807, 2.05) is 56.3 Å². The number of carbonyl (C=O) groups excluding carboxylic acids is 1. The molecule has 1 amide bonds. The molecule has 0 saturated heterocycles. The number of carbonyl (C=O) groups is 1. The molecule has 5 nitrogen and oxygen atoms in total. The van der Waals surface area contributed by atoms with Crippen molar-refractivity contribution in [2.75, 3.05) is 6.61 Å². The average molecular weight is 379 g/mol. The van der Waals surface area contributed by atoms with Crippen LogP contribution in [-0.2, 0) is 6.42 Å². The summed E-state index contributed by atoms with van der Waals surface area (Å²) in [6, 6.07) is 17.8. The molecule has 0 saturated carbocycles. The molecule has 0 aliphatic heterocycles. The maximum Gasteiger partial charge on any atom is 0.283 e. The summed E-state index contributed by atoms with van der Waals surface area (Å²) in [6.07, 6.45) is 2.47. The summed E-state index contributed by atoms with van der Waals surface area (Å²) < 4.78 is 5.76. The van der Waals surface area contributed by atoms with Gasteiger partial charge in [0.05, 0.1) is 23.5 Å². The van der Waals surface area contributed by atoms with E-state index in [-0.39, 0.29) is 5.91 Å². The molecule has 0 radical (unpaired) electrons. The SMILES string of the molecule is Cc1nc(C)c(C(=O)N/N=C/c2ccc(OCCc3ccccc3)cc2)s1. The number of hydrazone groups is 1. The van der Waals surface area contributed by atoms with Gasteiger partial charge in [-0.25, -0.2) is 10.4 Å². The number of rotatable bonds is 7. The van der Waals surface area contributed by atoms with Crippen molar-refractivity contribution in [1.82, 2.24) is 10.4 Å². The van der Waals surface area contributed by atoms with Crippen LogP contribution < -0.4 is 10.2 Å². The predicted molar refractivity (Wildman–Crippen MR) is 109 cm³/mol. The molecular weight excluding hydrogens is 358 g/mol. The van der Waals surface area contributed by atoms with Crippen molar-refractivity contribution in [3.8, 4) is 5.75 Å². The maximum absolute atomic E-state index is 12.1. The molecule has 0 unspecified atom stereocenters. The monoisotopic (exact) mass is 379 g/mol. The highest BCUT2D eigenvalue weighted by atomic mass is 32.1. The Labute approximate surface area is 162 Å². The minimum atomic E-state index is -0.241. The summed E-state index contributed by atoms with van der Waals surface area (Å²) in [5, 5.41) is 4.88. The second-order valence-corrected chi connectivity index (χ2v) is 7.20. The zero-order chi connectivity index (χ0) is 19.1. The zero-order valence-corrected chi connectivity index (χ0v) is 16.1. The predicted octanol–water partition coefficient (Wildman–Crippen LogP) is 4.15. The van der Waals surface area contributed by atoms with E-state index in [9.17, 15) is 4.79 Å². The zero-order valence-electron chi connectivity index (χ0n) is 15.3. The number of nitrogens with one attached hydrogen (secondary N) is 1. The summed E-state index contributed by atoms with van der Waals surface area (Å²) in [7, 11) is 0. The summed E-state index contributed by atoms with van der Waals surface area (Å²) >= 11 is 1.36. The van der Waals surface area contributed by atoms with Gasteiger partial charge in [0.25, 0.3) is 5.91 Å². The summed E-state index contributed by atoms with van der Waals surface area (Å²) in [4.78, 5) is 16.9. The Hall–Kier alpha value is -2.99. The van der Waals surface area contributed by atoms with Gasteiger partial charge in [-0.15, -0.1) is 11.3 Å². The van der Waals surface area contributed by atoms with Crippen LogP contribution in [0.5, 0.6) is 5.75 Å². The van der Waals surface area contributed by atoms with E-state index in [1.165, 1.54) is 16.9 Å². The van der Waals surface area contributed by atoms with E-state index in [1.54, 1.807) is 6.21 Å². The van der Waals surface area contributed by atoms with Crippen molar-refractivity contribution in [1.29, 1.82) is 0 Å². The third-order valence-corrected chi connectivity index (χ3v) is 4.94. The van der Waals surface area contributed by atoms with Crippen LogP contribution in [0.15, 0.2) is 59.7 Å². The van der Waals surface area contributed by atoms with Gasteiger partial charge in [0.1, 0.15) is 10.6 Å². The molecule has 6 heteroatoms. The third kappa shape index (κ3) is 5.49. The lowest BCUT2D eigenvalue weighted by atomic mass is 10.2. The Morgan fingerprint density at radius 1 is 1.15 bits per heavy atom. The van der Waals surface area contributed by atoms with Gasteiger partial charge < -0.3 is 4.74 Å². The molecule has 0 aliphatic carbocycles. The van der Waals surface area contributed by atoms with E-state index in [4.69, 9.17) is 4.74 Å². The Kier molecular flexibility index (Phi) is 6.33. The smallest absolute Gasteiger partial charge is 0.283 e. The average Bonchev–Trinajstić information content (AvgIpc) is 3.02. The molecule has 0 fully saturated rings. The normalized spacial score (nSPS) is 10.9. The largest absolute Gasteiger partial charge is 0.493 e. The quantitative estimate of drug-likeness (QED) is 0.496. The molecule has 27 heavy (non-hydrogen) atoms. The lowest BCUT2D eigenvalue weighted by Crippen LogP contribution is -2.17. The van der Waals surface area contributed by atoms with Crippen molar-refractivity contribution in [3.63, 3.8) is 0 Å². The Morgan fingerprint density at radius 2 is 1.89 bits per heavy atom. The standard InChI is InChI=1S/C21H21N3O2S/c1-15-20(27-16(2)23-15)21(25)24-22-14-18-8-10-19(11-9-18)26-13-12-17-6-4-3-5-7-17/h3-11,14H,12-13H2,1-2H3,(H,24,25)/b22-14+. The number of ether oxygens (including phenoxy) is 1. The van der Waals surface area contributed by atoms with Crippen molar-refractivity contribution < 1.29 is 9.53 Å². The number of nitrogens with zero attached hydrogens (tertiary/aromatic N) is 2. The fraction of sp³-hybridized carbons (Fsp3) is 0.190. The molecular formula is C21H21N3O2S. The van der Waals surface area contributed by atoms with Crippen LogP contribution in [0.3, 0.4) is 0 Å². The van der Waals surface area contributed by atoms with Crippen molar-refractivity contribution >= 4 is 23.5 Å². The minimum absolute atomic E-state index is 0.241. The molecule has 1 heterocycles. The van der Waals surface area contributed by atoms with Gasteiger partial charge in [-0.3, -0.25) is 4.79 Å². The van der Waals surface area contributed by atoms with Gasteiger partial charge in [-0.2, -0.15) is 5.10 Å². The van der Waals surface area contributed by atoms with Gasteiger partial charge in [0.15, 0.2) is 0 Å². The number of amides is 1.